The van der Waals surface area contributed by atoms with Gasteiger partial charge < -0.3 is 14.5 Å². The van der Waals surface area contributed by atoms with Gasteiger partial charge in [0.2, 0.25) is 5.91 Å². The Kier molecular flexibility index (Phi) is 8.31. The highest BCUT2D eigenvalue weighted by molar-refractivity contribution is 7.09. The van der Waals surface area contributed by atoms with Crippen LogP contribution in [0.1, 0.15) is 54.8 Å². The number of nitrogens with zero attached hydrogens (tertiary/aromatic N) is 2. The minimum Gasteiger partial charge on any atom is -0.488 e. The number of thiophene rings is 1. The predicted octanol–water partition coefficient (Wildman–Crippen LogP) is 4.83. The molecule has 2 heterocycles. The summed E-state index contributed by atoms with van der Waals surface area (Å²) in [5.74, 6) is 1.63. The molecule has 3 rings (SSSR count). The molecule has 1 aliphatic rings. The van der Waals surface area contributed by atoms with Crippen molar-refractivity contribution in [2.45, 2.75) is 46.1 Å². The van der Waals surface area contributed by atoms with Crippen molar-refractivity contribution in [1.82, 2.24) is 9.80 Å². The van der Waals surface area contributed by atoms with Crippen molar-refractivity contribution in [3.63, 3.8) is 0 Å². The monoisotopic (exact) mass is 428 g/mol. The highest BCUT2D eigenvalue weighted by Gasteiger charge is 2.24. The third-order valence-electron chi connectivity index (χ3n) is 5.85. The van der Waals surface area contributed by atoms with Crippen LogP contribution in [0.25, 0.3) is 0 Å². The largest absolute Gasteiger partial charge is 0.488 e. The molecule has 2 amide bonds. The lowest BCUT2D eigenvalue weighted by atomic mass is 9.91. The van der Waals surface area contributed by atoms with Gasteiger partial charge in [0, 0.05) is 43.0 Å². The molecule has 0 saturated carbocycles. The second kappa shape index (κ2) is 11.2. The number of piperidine rings is 1. The lowest BCUT2D eigenvalue weighted by Crippen LogP contribution is -2.39. The van der Waals surface area contributed by atoms with Crippen LogP contribution >= 0.6 is 11.3 Å². The average molecular weight is 429 g/mol. The van der Waals surface area contributed by atoms with Crippen molar-refractivity contribution >= 4 is 23.2 Å². The van der Waals surface area contributed by atoms with Gasteiger partial charge in [-0.25, -0.2) is 0 Å². The average Bonchev–Trinajstić information content (AvgIpc) is 3.31. The number of hydrogen-bond donors (Lipinski definition) is 0. The molecular weight excluding hydrogens is 396 g/mol. The summed E-state index contributed by atoms with van der Waals surface area (Å²) in [5, 5.41) is 2.03. The zero-order valence-corrected chi connectivity index (χ0v) is 18.8. The minimum atomic E-state index is 0.0810. The second-order valence-electron chi connectivity index (χ2n) is 7.73. The second-order valence-corrected chi connectivity index (χ2v) is 8.76. The fraction of sp³-hybridized carbons (Fsp3) is 0.500. The van der Waals surface area contributed by atoms with Gasteiger partial charge in [-0.2, -0.15) is 0 Å². The summed E-state index contributed by atoms with van der Waals surface area (Å²) >= 11 is 1.67. The maximum atomic E-state index is 12.8. The van der Waals surface area contributed by atoms with Gasteiger partial charge in [0.05, 0.1) is 0 Å². The van der Waals surface area contributed by atoms with Gasteiger partial charge in [0.15, 0.2) is 0 Å². The first kappa shape index (κ1) is 22.3. The van der Waals surface area contributed by atoms with E-state index in [0.717, 1.165) is 51.2 Å². The number of carbonyl (C=O) groups is 2. The van der Waals surface area contributed by atoms with E-state index in [4.69, 9.17) is 4.74 Å². The molecule has 30 heavy (non-hydrogen) atoms. The molecular formula is C24H32N2O3S. The molecule has 1 aromatic heterocycles. The normalized spacial score (nSPS) is 14.5. The van der Waals surface area contributed by atoms with Gasteiger partial charge >= 0.3 is 0 Å². The topological polar surface area (TPSA) is 49.9 Å². The molecule has 0 radical (unpaired) electrons. The van der Waals surface area contributed by atoms with Gasteiger partial charge in [0.25, 0.3) is 5.91 Å². The van der Waals surface area contributed by atoms with E-state index in [9.17, 15) is 9.59 Å². The number of carbonyl (C=O) groups excluding carboxylic acids is 2. The zero-order chi connectivity index (χ0) is 21.3. The highest BCUT2D eigenvalue weighted by Crippen LogP contribution is 2.24. The van der Waals surface area contributed by atoms with Crippen LogP contribution in [0, 0.1) is 5.92 Å². The number of rotatable bonds is 9. The number of hydrogen-bond acceptors (Lipinski definition) is 4. The van der Waals surface area contributed by atoms with Gasteiger partial charge in [0.1, 0.15) is 12.4 Å². The third-order valence-corrected chi connectivity index (χ3v) is 6.70. The van der Waals surface area contributed by atoms with Crippen LogP contribution in [0.2, 0.25) is 0 Å². The van der Waals surface area contributed by atoms with Crippen molar-refractivity contribution in [2.24, 2.45) is 5.92 Å². The van der Waals surface area contributed by atoms with Crippen molar-refractivity contribution in [3.8, 4) is 5.75 Å². The fourth-order valence-electron chi connectivity index (χ4n) is 3.91. The van der Waals surface area contributed by atoms with E-state index in [1.165, 1.54) is 4.88 Å². The summed E-state index contributed by atoms with van der Waals surface area (Å²) in [6.07, 6.45) is 3.49. The van der Waals surface area contributed by atoms with Crippen LogP contribution in [0.5, 0.6) is 5.75 Å². The van der Waals surface area contributed by atoms with Crippen LogP contribution in [0.3, 0.4) is 0 Å². The molecule has 0 atom stereocenters. The molecule has 0 spiro atoms. The molecule has 0 bridgehead atoms. The third kappa shape index (κ3) is 6.08. The van der Waals surface area contributed by atoms with E-state index in [-0.39, 0.29) is 11.8 Å². The smallest absolute Gasteiger partial charge is 0.253 e. The Balaban J connectivity index is 1.42. The summed E-state index contributed by atoms with van der Waals surface area (Å²) in [4.78, 5) is 30.0. The van der Waals surface area contributed by atoms with Crippen LogP contribution in [-0.4, -0.2) is 47.8 Å². The Morgan fingerprint density at radius 2 is 1.80 bits per heavy atom. The molecule has 1 aromatic carbocycles. The Morgan fingerprint density at radius 3 is 2.40 bits per heavy atom. The number of ether oxygens (including phenoxy) is 1. The van der Waals surface area contributed by atoms with Crippen molar-refractivity contribution in [3.05, 3.63) is 52.2 Å². The SMILES string of the molecule is CCN(CC)C(=O)CCC1CCN(C(=O)c2ccc(OCc3cccs3)cc2)CC1. The molecule has 162 valence electrons. The number of amides is 2. The standard InChI is InChI=1S/C24H32N2O3S/c1-3-25(4-2)23(27)12-7-19-13-15-26(16-14-19)24(28)20-8-10-21(11-9-20)29-18-22-6-5-17-30-22/h5-6,8-11,17,19H,3-4,7,12-16,18H2,1-2H3. The molecule has 1 aliphatic heterocycles. The first-order valence-electron chi connectivity index (χ1n) is 10.9. The maximum Gasteiger partial charge on any atom is 0.253 e. The summed E-state index contributed by atoms with van der Waals surface area (Å²) in [6, 6.07) is 11.5. The molecule has 2 aromatic rings. The van der Waals surface area contributed by atoms with Crippen molar-refractivity contribution in [1.29, 1.82) is 0 Å². The molecule has 6 heteroatoms. The fourth-order valence-corrected chi connectivity index (χ4v) is 4.53. The zero-order valence-electron chi connectivity index (χ0n) is 18.0. The van der Waals surface area contributed by atoms with E-state index in [0.29, 0.717) is 24.5 Å². The van der Waals surface area contributed by atoms with Crippen molar-refractivity contribution < 1.29 is 14.3 Å². The van der Waals surface area contributed by atoms with Crippen molar-refractivity contribution in [2.75, 3.05) is 26.2 Å². The summed E-state index contributed by atoms with van der Waals surface area (Å²) in [6.45, 7) is 7.68. The minimum absolute atomic E-state index is 0.0810. The van der Waals surface area contributed by atoms with Crippen LogP contribution in [0.15, 0.2) is 41.8 Å². The van der Waals surface area contributed by atoms with Gasteiger partial charge in [-0.3, -0.25) is 9.59 Å². The predicted molar refractivity (Wildman–Crippen MR) is 121 cm³/mol. The number of benzene rings is 1. The van der Waals surface area contributed by atoms with E-state index >= 15 is 0 Å². The molecule has 1 saturated heterocycles. The lowest BCUT2D eigenvalue weighted by Gasteiger charge is -2.32. The quantitative estimate of drug-likeness (QED) is 0.575. The summed E-state index contributed by atoms with van der Waals surface area (Å²) in [5.41, 5.74) is 0.702. The summed E-state index contributed by atoms with van der Waals surface area (Å²) < 4.78 is 5.78. The molecule has 0 N–H and O–H groups in total. The molecule has 0 aliphatic carbocycles. The van der Waals surface area contributed by atoms with E-state index in [1.807, 2.05) is 65.4 Å². The highest BCUT2D eigenvalue weighted by atomic mass is 32.1. The number of likely N-dealkylation sites (tertiary alicyclic amines) is 1. The van der Waals surface area contributed by atoms with E-state index in [2.05, 4.69) is 0 Å². The maximum absolute atomic E-state index is 12.8. The lowest BCUT2D eigenvalue weighted by molar-refractivity contribution is -0.131. The van der Waals surface area contributed by atoms with Crippen LogP contribution in [0.4, 0.5) is 0 Å². The molecule has 1 fully saturated rings. The molecule has 0 unspecified atom stereocenters. The summed E-state index contributed by atoms with van der Waals surface area (Å²) in [7, 11) is 0. The first-order valence-corrected chi connectivity index (χ1v) is 11.8. The van der Waals surface area contributed by atoms with Crippen LogP contribution in [-0.2, 0) is 11.4 Å². The Morgan fingerprint density at radius 1 is 1.10 bits per heavy atom. The molecule has 5 nitrogen and oxygen atoms in total. The van der Waals surface area contributed by atoms with E-state index in [1.54, 1.807) is 11.3 Å². The Labute approximate surface area is 183 Å². The Bertz CT molecular complexity index is 792. The van der Waals surface area contributed by atoms with E-state index < -0.39 is 0 Å². The first-order chi connectivity index (χ1) is 14.6. The van der Waals surface area contributed by atoms with Gasteiger partial charge in [-0.05, 0) is 74.7 Å². The van der Waals surface area contributed by atoms with Crippen LogP contribution < -0.4 is 4.74 Å². The Hall–Kier alpha value is -2.34. The van der Waals surface area contributed by atoms with Gasteiger partial charge in [-0.1, -0.05) is 6.07 Å². The van der Waals surface area contributed by atoms with Gasteiger partial charge in [-0.15, -0.1) is 11.3 Å².